The molecule has 0 bridgehead atoms. The summed E-state index contributed by atoms with van der Waals surface area (Å²) in [6.07, 6.45) is 3.22. The third-order valence-electron chi connectivity index (χ3n) is 14.5. The fraction of sp³-hybridized carbons (Fsp3) is 0. The number of hydrogen-bond donors (Lipinski definition) is 0. The van der Waals surface area contributed by atoms with E-state index in [0.717, 1.165) is 42.3 Å². The third kappa shape index (κ3) is 8.80. The van der Waals surface area contributed by atoms with Crippen LogP contribution in [-0.2, 0) is 0 Å². The molecule has 0 radical (unpaired) electrons. The average Bonchev–Trinajstić information content (AvgIpc) is 1.89. The van der Waals surface area contributed by atoms with Crippen LogP contribution in [0, 0.1) is 17.9 Å². The molecule has 0 aliphatic carbocycles. The lowest BCUT2D eigenvalue weighted by atomic mass is 9.50. The fourth-order valence-electron chi connectivity index (χ4n) is 11.0. The van der Waals surface area contributed by atoms with Crippen molar-refractivity contribution in [2.45, 2.75) is 0 Å². The first-order valence-corrected chi connectivity index (χ1v) is 28.9. The van der Waals surface area contributed by atoms with Gasteiger partial charge in [-0.15, -0.1) is 22.7 Å². The minimum atomic E-state index is -0.649. The van der Waals surface area contributed by atoms with Gasteiger partial charge in [0.1, 0.15) is 27.4 Å². The van der Waals surface area contributed by atoms with Crippen LogP contribution in [0.2, 0.25) is 20.1 Å². The molecule has 18 heteroatoms. The van der Waals surface area contributed by atoms with Crippen molar-refractivity contribution < 1.29 is 0 Å². The highest BCUT2D eigenvalue weighted by atomic mass is 35.5. The highest BCUT2D eigenvalue weighted by molar-refractivity contribution is 7.22. The summed E-state index contributed by atoms with van der Waals surface area (Å²) in [7, 11) is 0. The van der Waals surface area contributed by atoms with E-state index in [1.807, 2.05) is 109 Å². The molecule has 0 amide bonds. The first kappa shape index (κ1) is 51.2. The molecular formula is C64H34B2Cl4N10S2. The van der Waals surface area contributed by atoms with Gasteiger partial charge in [0, 0.05) is 22.3 Å². The zero-order valence-corrected chi connectivity index (χ0v) is 47.2. The van der Waals surface area contributed by atoms with Gasteiger partial charge in [0.25, 0.3) is 0 Å². The zero-order valence-electron chi connectivity index (χ0n) is 42.6. The van der Waals surface area contributed by atoms with Gasteiger partial charge >= 0.3 is 13.7 Å². The molecule has 0 spiro atoms. The third-order valence-corrected chi connectivity index (χ3v) is 18.0. The lowest BCUT2D eigenvalue weighted by Gasteiger charge is -2.23. The maximum atomic E-state index is 12.4. The first-order chi connectivity index (χ1) is 40.2. The van der Waals surface area contributed by atoms with Crippen LogP contribution in [0.1, 0.15) is 11.4 Å². The Hall–Kier alpha value is -8.95. The first-order valence-electron chi connectivity index (χ1n) is 25.7. The van der Waals surface area contributed by atoms with Crippen molar-refractivity contribution in [2.75, 3.05) is 0 Å². The lowest BCUT2D eigenvalue weighted by Crippen LogP contribution is -2.54. The Kier molecular flexibility index (Phi) is 13.2. The van der Waals surface area contributed by atoms with E-state index < -0.39 is 13.7 Å². The Balaban J connectivity index is 1.34. The van der Waals surface area contributed by atoms with Crippen molar-refractivity contribution in [3.05, 3.63) is 260 Å². The molecule has 6 aromatic heterocycles. The second-order valence-corrected chi connectivity index (χ2v) is 23.0. The van der Waals surface area contributed by atoms with Crippen molar-refractivity contribution in [1.29, 1.82) is 5.26 Å². The van der Waals surface area contributed by atoms with Crippen LogP contribution < -0.4 is 32.5 Å². The van der Waals surface area contributed by atoms with Crippen LogP contribution in [0.3, 0.4) is 0 Å². The second-order valence-electron chi connectivity index (χ2n) is 19.3. The molecule has 14 aromatic rings. The molecule has 0 fully saturated rings. The van der Waals surface area contributed by atoms with Gasteiger partial charge < -0.3 is 8.96 Å². The number of halogens is 4. The summed E-state index contributed by atoms with van der Waals surface area (Å²) >= 11 is 29.7. The molecule has 10 nitrogen and oxygen atoms in total. The van der Waals surface area contributed by atoms with Gasteiger partial charge in [-0.3, -0.25) is 15.0 Å². The topological polar surface area (TPSA) is 115 Å². The molecule has 386 valence electrons. The molecule has 0 unspecified atom stereocenters. The molecule has 0 aliphatic heterocycles. The van der Waals surface area contributed by atoms with Crippen molar-refractivity contribution in [3.63, 3.8) is 0 Å². The van der Waals surface area contributed by atoms with Crippen molar-refractivity contribution in [1.82, 2.24) is 38.9 Å². The monoisotopic (exact) mass is 1170 g/mol. The molecule has 0 atom stereocenters. The van der Waals surface area contributed by atoms with Crippen LogP contribution in [-0.4, -0.2) is 52.6 Å². The molecule has 0 N–H and O–H groups in total. The smallest absolute Gasteiger partial charge is 0.328 e. The maximum Gasteiger partial charge on any atom is 0.328 e. The molecule has 82 heavy (non-hydrogen) atoms. The molecule has 0 saturated heterocycles. The lowest BCUT2D eigenvalue weighted by molar-refractivity contribution is 1.12. The van der Waals surface area contributed by atoms with Crippen molar-refractivity contribution >= 4 is 169 Å². The van der Waals surface area contributed by atoms with Gasteiger partial charge in [-0.25, -0.2) is 19.8 Å². The maximum absolute atomic E-state index is 12.4. The minimum absolute atomic E-state index is 0.159. The van der Waals surface area contributed by atoms with Crippen LogP contribution >= 0.6 is 69.1 Å². The van der Waals surface area contributed by atoms with Gasteiger partial charge in [0.05, 0.1) is 97.8 Å². The van der Waals surface area contributed by atoms with E-state index in [0.29, 0.717) is 75.0 Å². The molecule has 8 aromatic carbocycles. The number of nitrogens with zero attached hydrogens (tertiary/aromatic N) is 10. The average molecular weight is 1170 g/mol. The Labute approximate surface area is 497 Å². The molecule has 0 aliphatic rings. The predicted octanol–water partition coefficient (Wildman–Crippen LogP) is 12.6. The van der Waals surface area contributed by atoms with Gasteiger partial charge in [-0.1, -0.05) is 214 Å². The molecule has 0 saturated carbocycles. The number of rotatable bonds is 10. The van der Waals surface area contributed by atoms with Crippen LogP contribution in [0.25, 0.3) is 90.8 Å². The number of fused-ring (bicyclic) bond motifs is 5. The summed E-state index contributed by atoms with van der Waals surface area (Å²) < 4.78 is 6.32. The largest absolute Gasteiger partial charge is 0.382 e. The zero-order chi connectivity index (χ0) is 55.6. The predicted molar refractivity (Wildman–Crippen MR) is 339 cm³/mol. The Bertz CT molecular complexity index is 4640. The second kappa shape index (κ2) is 21.2. The summed E-state index contributed by atoms with van der Waals surface area (Å²) in [6.45, 7) is 8.32. The Morgan fingerprint density at radius 3 is 1.23 bits per heavy atom. The van der Waals surface area contributed by atoms with Crippen LogP contribution in [0.4, 0.5) is 0 Å². The highest BCUT2D eigenvalue weighted by Crippen LogP contribution is 2.41. The Morgan fingerprint density at radius 2 is 0.817 bits per heavy atom. The van der Waals surface area contributed by atoms with Crippen LogP contribution in [0.15, 0.2) is 207 Å². The standard InChI is InChI=1S/C64H34B2Cl4N10S2/c1-72-58(53-36-74-49-31-43(68)45(70)33-51(49)76-53)60-57-56(61(63-77-46-26-14-16-28-54(46)81-63)80(60)66(39-22-10-4-11-23-39)40-24-12-5-13-25-40)59(41(34-71)52-35-73-48-30-42(67)44(69)32-50(48)75-52)79(62(57)64-78-47-27-15-17-29-55(47)82-64)65(37-18-6-2-7-19-37)38-20-8-3-9-21-38/h2-33,35-36H/b59-41-,60-58+. The van der Waals surface area contributed by atoms with Gasteiger partial charge in [0.15, 0.2) is 0 Å². The van der Waals surface area contributed by atoms with Gasteiger partial charge in [-0.05, 0) is 48.5 Å². The summed E-state index contributed by atoms with van der Waals surface area (Å²) in [4.78, 5) is 36.0. The summed E-state index contributed by atoms with van der Waals surface area (Å²) in [6, 6.07) is 66.3. The van der Waals surface area contributed by atoms with E-state index in [4.69, 9.17) is 76.3 Å². The van der Waals surface area contributed by atoms with Gasteiger partial charge in [0.2, 0.25) is 5.70 Å². The van der Waals surface area contributed by atoms with Crippen molar-refractivity contribution in [3.8, 4) is 27.5 Å². The highest BCUT2D eigenvalue weighted by Gasteiger charge is 2.39. The fourth-order valence-corrected chi connectivity index (χ4v) is 13.7. The number of hydrogen-bond acceptors (Lipinski definition) is 9. The van der Waals surface area contributed by atoms with Crippen molar-refractivity contribution in [2.24, 2.45) is 0 Å². The normalized spacial score (nSPS) is 12.3. The number of aromatic nitrogens is 8. The summed E-state index contributed by atoms with van der Waals surface area (Å²) in [5, 5.41) is 17.0. The Morgan fingerprint density at radius 1 is 0.451 bits per heavy atom. The van der Waals surface area contributed by atoms with E-state index in [1.165, 1.54) is 22.7 Å². The van der Waals surface area contributed by atoms with Gasteiger partial charge in [-0.2, -0.15) is 5.26 Å². The van der Waals surface area contributed by atoms with E-state index in [9.17, 15) is 11.8 Å². The van der Waals surface area contributed by atoms with E-state index in [-0.39, 0.29) is 32.7 Å². The van der Waals surface area contributed by atoms with E-state index in [1.54, 1.807) is 36.7 Å². The number of nitriles is 1. The van der Waals surface area contributed by atoms with E-state index in [2.05, 4.69) is 80.5 Å². The van der Waals surface area contributed by atoms with E-state index >= 15 is 0 Å². The summed E-state index contributed by atoms with van der Waals surface area (Å²) in [5.41, 5.74) is 9.15. The molecule has 6 heterocycles. The summed E-state index contributed by atoms with van der Waals surface area (Å²) in [5.74, 6) is 0. The minimum Gasteiger partial charge on any atom is -0.382 e. The SMILES string of the molecule is [C-]#[N+]/C(c1cnc2cc(Cl)c(Cl)cc2n1)=c1\c2c(-c3nc4ccccc4s3)n(B(c3ccccc3)c3ccccc3)/c(=C(/C#N)c3cnc4cc(Cl)c(Cl)cc4n3)c2c(-c2nc3ccccc3s2)n1B(c1ccccc1)c1ccccc1. The van der Waals surface area contributed by atoms with Crippen LogP contribution in [0.5, 0.6) is 0 Å². The molecule has 14 rings (SSSR count). The number of benzene rings is 8. The quantitative estimate of drug-likeness (QED) is 0.0989. The number of thiazole rings is 2. The number of para-hydroxylation sites is 2. The molecular weight excluding hydrogens is 1140 g/mol.